The van der Waals surface area contributed by atoms with Crippen LogP contribution >= 0.6 is 11.8 Å². The van der Waals surface area contributed by atoms with Crippen LogP contribution in [0.25, 0.3) is 21.7 Å². The number of rotatable bonds is 5. The van der Waals surface area contributed by atoms with Gasteiger partial charge in [-0.1, -0.05) is 35.9 Å². The molecule has 3 aromatic rings. The fraction of sp³-hybridized carbons (Fsp3) is 0.391. The number of aryl methyl sites for hydroxylation is 1. The maximum Gasteiger partial charge on any atom is 0.408 e. The molecule has 0 radical (unpaired) electrons. The highest BCUT2D eigenvalue weighted by Gasteiger charge is 2.23. The molecule has 28 heavy (non-hydrogen) atoms. The predicted octanol–water partition coefficient (Wildman–Crippen LogP) is 6.02. The number of para-hydroxylation sites is 1. The molecule has 1 N–H and O–H groups in total. The Hall–Kier alpha value is -2.27. The zero-order valence-electron chi connectivity index (χ0n) is 17.2. The first-order valence-electron chi connectivity index (χ1n) is 9.56. The number of benzene rings is 2. The minimum absolute atomic E-state index is 0.212. The summed E-state index contributed by atoms with van der Waals surface area (Å²) in [6, 6.07) is 14.4. The average Bonchev–Trinajstić information content (AvgIpc) is 2.62. The number of aromatic nitrogens is 1. The van der Waals surface area contributed by atoms with E-state index in [9.17, 15) is 4.79 Å². The van der Waals surface area contributed by atoms with Gasteiger partial charge in [0, 0.05) is 10.8 Å². The normalized spacial score (nSPS) is 12.9. The molecule has 1 atom stereocenters. The van der Waals surface area contributed by atoms with Crippen molar-refractivity contribution in [1.82, 2.24) is 10.3 Å². The van der Waals surface area contributed by atoms with Crippen LogP contribution in [0.15, 0.2) is 42.5 Å². The van der Waals surface area contributed by atoms with E-state index in [0.29, 0.717) is 0 Å². The molecule has 0 saturated heterocycles. The van der Waals surface area contributed by atoms with E-state index in [0.717, 1.165) is 39.5 Å². The van der Waals surface area contributed by atoms with Crippen molar-refractivity contribution in [1.29, 1.82) is 0 Å². The van der Waals surface area contributed by atoms with Gasteiger partial charge in [0.15, 0.2) is 0 Å². The van der Waals surface area contributed by atoms with Gasteiger partial charge in [0.05, 0.1) is 17.3 Å². The van der Waals surface area contributed by atoms with Gasteiger partial charge in [-0.15, -0.1) is 0 Å². The summed E-state index contributed by atoms with van der Waals surface area (Å²) in [6.45, 7) is 7.69. The van der Waals surface area contributed by atoms with Gasteiger partial charge >= 0.3 is 6.09 Å². The number of fused-ring (bicyclic) bond motifs is 3. The number of nitrogens with one attached hydrogen (secondary N) is 1. The lowest BCUT2D eigenvalue weighted by Gasteiger charge is -2.24. The molecule has 0 spiro atoms. The van der Waals surface area contributed by atoms with Crippen LogP contribution in [0, 0.1) is 6.92 Å². The fourth-order valence-corrected chi connectivity index (χ4v) is 3.79. The highest BCUT2D eigenvalue weighted by Crippen LogP contribution is 2.32. The first kappa shape index (κ1) is 20.5. The van der Waals surface area contributed by atoms with E-state index in [4.69, 9.17) is 9.72 Å². The molecule has 0 unspecified atom stereocenters. The molecule has 0 saturated carbocycles. The van der Waals surface area contributed by atoms with Gasteiger partial charge in [-0.2, -0.15) is 11.8 Å². The Bertz CT molecular complexity index is 995. The lowest BCUT2D eigenvalue weighted by Crippen LogP contribution is -2.35. The second-order valence-corrected chi connectivity index (χ2v) is 9.03. The molecule has 0 aliphatic heterocycles. The molecule has 2 aromatic carbocycles. The number of alkyl carbamates (subject to hydrolysis) is 1. The molecule has 0 aliphatic rings. The number of hydrogen-bond acceptors (Lipinski definition) is 4. The monoisotopic (exact) mass is 396 g/mol. The minimum atomic E-state index is -0.538. The third-order valence-corrected chi connectivity index (χ3v) is 5.16. The zero-order valence-corrected chi connectivity index (χ0v) is 18.0. The molecule has 4 nitrogen and oxygen atoms in total. The molecule has 0 bridgehead atoms. The zero-order chi connectivity index (χ0) is 20.3. The molecule has 1 heterocycles. The van der Waals surface area contributed by atoms with Crippen molar-refractivity contribution in [2.75, 3.05) is 12.0 Å². The molecule has 0 aliphatic carbocycles. The Morgan fingerprint density at radius 2 is 1.89 bits per heavy atom. The molecule has 1 aromatic heterocycles. The Labute approximate surface area is 171 Å². The number of nitrogens with zero attached hydrogens (tertiary/aromatic N) is 1. The van der Waals surface area contributed by atoms with E-state index < -0.39 is 11.7 Å². The number of thioether (sulfide) groups is 1. The number of amides is 1. The standard InChI is InChI=1S/C23H28N2O2S/c1-15-10-11-16-17-8-6-7-9-19(17)24-21(18(16)14-15)20(12-13-28-5)25-22(26)27-23(2,3)4/h6-11,14,20H,12-13H2,1-5H3,(H,25,26)/t20-/m0/s1. The quantitative estimate of drug-likeness (QED) is 0.536. The predicted molar refractivity (Wildman–Crippen MR) is 119 cm³/mol. The summed E-state index contributed by atoms with van der Waals surface area (Å²) < 4.78 is 5.51. The van der Waals surface area contributed by atoms with Crippen LogP contribution in [0.4, 0.5) is 4.79 Å². The lowest BCUT2D eigenvalue weighted by molar-refractivity contribution is 0.0502. The van der Waals surface area contributed by atoms with Crippen molar-refractivity contribution in [2.24, 2.45) is 0 Å². The maximum absolute atomic E-state index is 12.5. The number of carbonyl (C=O) groups excluding carboxylic acids is 1. The van der Waals surface area contributed by atoms with Crippen LogP contribution in [-0.4, -0.2) is 28.7 Å². The molecular weight excluding hydrogens is 368 g/mol. The highest BCUT2D eigenvalue weighted by molar-refractivity contribution is 7.98. The van der Waals surface area contributed by atoms with Gasteiger partial charge < -0.3 is 10.1 Å². The third-order valence-electron chi connectivity index (χ3n) is 4.52. The largest absolute Gasteiger partial charge is 0.444 e. The van der Waals surface area contributed by atoms with E-state index >= 15 is 0 Å². The van der Waals surface area contributed by atoms with Gasteiger partial charge in [-0.3, -0.25) is 0 Å². The van der Waals surface area contributed by atoms with E-state index in [-0.39, 0.29) is 6.04 Å². The van der Waals surface area contributed by atoms with Crippen LogP contribution in [0.1, 0.15) is 44.5 Å². The first-order valence-corrected chi connectivity index (χ1v) is 11.0. The third kappa shape index (κ3) is 4.76. The molecular formula is C23H28N2O2S. The van der Waals surface area contributed by atoms with Crippen molar-refractivity contribution < 1.29 is 9.53 Å². The topological polar surface area (TPSA) is 51.2 Å². The van der Waals surface area contributed by atoms with Gasteiger partial charge in [0.1, 0.15) is 5.60 Å². The van der Waals surface area contributed by atoms with E-state index in [1.165, 1.54) is 5.56 Å². The van der Waals surface area contributed by atoms with Crippen molar-refractivity contribution in [2.45, 2.75) is 45.8 Å². The maximum atomic E-state index is 12.5. The summed E-state index contributed by atoms with van der Waals surface area (Å²) in [6.07, 6.45) is 2.45. The van der Waals surface area contributed by atoms with E-state index in [1.807, 2.05) is 39.0 Å². The van der Waals surface area contributed by atoms with Gasteiger partial charge in [-0.25, -0.2) is 9.78 Å². The highest BCUT2D eigenvalue weighted by atomic mass is 32.2. The summed E-state index contributed by atoms with van der Waals surface area (Å²) >= 11 is 1.76. The minimum Gasteiger partial charge on any atom is -0.444 e. The smallest absolute Gasteiger partial charge is 0.408 e. The van der Waals surface area contributed by atoms with E-state index in [1.54, 1.807) is 11.8 Å². The Balaban J connectivity index is 2.11. The summed E-state index contributed by atoms with van der Waals surface area (Å²) in [5.41, 5.74) is 2.47. The van der Waals surface area contributed by atoms with Crippen molar-refractivity contribution in [3.05, 3.63) is 53.7 Å². The molecule has 5 heteroatoms. The van der Waals surface area contributed by atoms with Crippen LogP contribution in [0.2, 0.25) is 0 Å². The summed E-state index contributed by atoms with van der Waals surface area (Å²) in [4.78, 5) is 17.5. The lowest BCUT2D eigenvalue weighted by atomic mass is 9.98. The van der Waals surface area contributed by atoms with Crippen molar-refractivity contribution in [3.8, 4) is 0 Å². The second-order valence-electron chi connectivity index (χ2n) is 8.04. The molecule has 1 amide bonds. The second kappa shape index (κ2) is 8.39. The SMILES string of the molecule is CSCC[C@H](NC(=O)OC(C)(C)C)c1nc2ccccc2c2ccc(C)cc12. The van der Waals surface area contributed by atoms with Crippen molar-refractivity contribution >= 4 is 39.5 Å². The van der Waals surface area contributed by atoms with Crippen LogP contribution < -0.4 is 5.32 Å². The number of ether oxygens (including phenoxy) is 1. The van der Waals surface area contributed by atoms with Gasteiger partial charge in [-0.05, 0) is 63.6 Å². The van der Waals surface area contributed by atoms with Crippen LogP contribution in [0.5, 0.6) is 0 Å². The summed E-state index contributed by atoms with van der Waals surface area (Å²) in [5.74, 6) is 0.919. The summed E-state index contributed by atoms with van der Waals surface area (Å²) in [5, 5.41) is 6.43. The number of carbonyl (C=O) groups is 1. The fourth-order valence-electron chi connectivity index (χ4n) is 3.32. The molecule has 0 fully saturated rings. The van der Waals surface area contributed by atoms with E-state index in [2.05, 4.69) is 42.8 Å². The molecule has 3 rings (SSSR count). The van der Waals surface area contributed by atoms with Gasteiger partial charge in [0.25, 0.3) is 0 Å². The Kier molecular flexibility index (Phi) is 6.14. The van der Waals surface area contributed by atoms with Crippen LogP contribution in [-0.2, 0) is 4.74 Å². The Morgan fingerprint density at radius 3 is 2.61 bits per heavy atom. The number of hydrogen-bond donors (Lipinski definition) is 1. The number of pyridine rings is 1. The van der Waals surface area contributed by atoms with Gasteiger partial charge in [0.2, 0.25) is 0 Å². The average molecular weight is 397 g/mol. The molecule has 148 valence electrons. The first-order chi connectivity index (χ1) is 13.3. The van der Waals surface area contributed by atoms with Crippen molar-refractivity contribution in [3.63, 3.8) is 0 Å². The summed E-state index contributed by atoms with van der Waals surface area (Å²) in [7, 11) is 0. The van der Waals surface area contributed by atoms with Crippen LogP contribution in [0.3, 0.4) is 0 Å². The Morgan fingerprint density at radius 1 is 1.14 bits per heavy atom.